The largest absolute Gasteiger partial charge is 0.385 e. The first-order valence-corrected chi connectivity index (χ1v) is 8.23. The van der Waals surface area contributed by atoms with E-state index in [4.69, 9.17) is 4.74 Å². The predicted octanol–water partition coefficient (Wildman–Crippen LogP) is 3.38. The van der Waals surface area contributed by atoms with Gasteiger partial charge in [-0.05, 0) is 43.7 Å². The SMILES string of the molecule is COCCCNC(=O)c1ccc2c(c1)nc(C)n2-c1ccc(F)c(F)c1. The molecule has 0 aliphatic carbocycles. The van der Waals surface area contributed by atoms with Gasteiger partial charge in [0, 0.05) is 31.9 Å². The molecule has 0 bridgehead atoms. The van der Waals surface area contributed by atoms with Crippen LogP contribution in [0.2, 0.25) is 0 Å². The molecule has 0 saturated heterocycles. The number of nitrogens with one attached hydrogen (secondary N) is 1. The van der Waals surface area contributed by atoms with Crippen LogP contribution in [0.4, 0.5) is 8.78 Å². The molecule has 136 valence electrons. The summed E-state index contributed by atoms with van der Waals surface area (Å²) >= 11 is 0. The zero-order valence-corrected chi connectivity index (χ0v) is 14.6. The Bertz CT molecular complexity index is 953. The van der Waals surface area contributed by atoms with Gasteiger partial charge in [0.15, 0.2) is 11.6 Å². The van der Waals surface area contributed by atoms with Gasteiger partial charge < -0.3 is 10.1 Å². The van der Waals surface area contributed by atoms with Gasteiger partial charge in [-0.15, -0.1) is 0 Å². The highest BCUT2D eigenvalue weighted by Gasteiger charge is 2.14. The summed E-state index contributed by atoms with van der Waals surface area (Å²) in [4.78, 5) is 16.7. The number of hydrogen-bond donors (Lipinski definition) is 1. The molecule has 0 radical (unpaired) electrons. The minimum Gasteiger partial charge on any atom is -0.385 e. The van der Waals surface area contributed by atoms with Crippen molar-refractivity contribution >= 4 is 16.9 Å². The third-order valence-electron chi connectivity index (χ3n) is 4.06. The number of carbonyl (C=O) groups is 1. The van der Waals surface area contributed by atoms with Crippen LogP contribution in [0.25, 0.3) is 16.7 Å². The van der Waals surface area contributed by atoms with E-state index in [1.165, 1.54) is 6.07 Å². The number of carbonyl (C=O) groups excluding carboxylic acids is 1. The second kappa shape index (κ2) is 7.61. The second-order valence-electron chi connectivity index (χ2n) is 5.90. The third-order valence-corrected chi connectivity index (χ3v) is 4.06. The first-order chi connectivity index (χ1) is 12.5. The first kappa shape index (κ1) is 18.0. The fourth-order valence-corrected chi connectivity index (χ4v) is 2.81. The molecule has 5 nitrogen and oxygen atoms in total. The topological polar surface area (TPSA) is 56.1 Å². The van der Waals surface area contributed by atoms with Crippen LogP contribution in [0, 0.1) is 18.6 Å². The van der Waals surface area contributed by atoms with Crippen molar-refractivity contribution in [1.82, 2.24) is 14.9 Å². The molecule has 7 heteroatoms. The highest BCUT2D eigenvalue weighted by atomic mass is 19.2. The second-order valence-corrected chi connectivity index (χ2v) is 5.90. The first-order valence-electron chi connectivity index (χ1n) is 8.23. The van der Waals surface area contributed by atoms with Crippen LogP contribution in [0.1, 0.15) is 22.6 Å². The van der Waals surface area contributed by atoms with E-state index in [1.807, 2.05) is 0 Å². The molecule has 1 amide bonds. The quantitative estimate of drug-likeness (QED) is 0.687. The van der Waals surface area contributed by atoms with Crippen LogP contribution in [0.3, 0.4) is 0 Å². The predicted molar refractivity (Wildman–Crippen MR) is 94.5 cm³/mol. The molecule has 2 aromatic carbocycles. The number of methoxy groups -OCH3 is 1. The molecule has 0 atom stereocenters. The minimum atomic E-state index is -0.921. The molecule has 0 spiro atoms. The van der Waals surface area contributed by atoms with Crippen LogP contribution < -0.4 is 5.32 Å². The van der Waals surface area contributed by atoms with E-state index in [1.54, 1.807) is 36.8 Å². The maximum atomic E-state index is 13.6. The van der Waals surface area contributed by atoms with E-state index in [9.17, 15) is 13.6 Å². The summed E-state index contributed by atoms with van der Waals surface area (Å²) in [5, 5.41) is 2.82. The Kier molecular flexibility index (Phi) is 5.27. The zero-order valence-electron chi connectivity index (χ0n) is 14.6. The van der Waals surface area contributed by atoms with E-state index in [-0.39, 0.29) is 5.91 Å². The van der Waals surface area contributed by atoms with Gasteiger partial charge >= 0.3 is 0 Å². The molecule has 1 aromatic heterocycles. The highest BCUT2D eigenvalue weighted by Crippen LogP contribution is 2.23. The maximum Gasteiger partial charge on any atom is 0.251 e. The van der Waals surface area contributed by atoms with Gasteiger partial charge in [-0.1, -0.05) is 0 Å². The number of hydrogen-bond acceptors (Lipinski definition) is 3. The Hall–Kier alpha value is -2.80. The lowest BCUT2D eigenvalue weighted by molar-refractivity contribution is 0.0948. The summed E-state index contributed by atoms with van der Waals surface area (Å²) in [6.07, 6.45) is 0.731. The fourth-order valence-electron chi connectivity index (χ4n) is 2.81. The molecular formula is C19H19F2N3O2. The van der Waals surface area contributed by atoms with Crippen molar-refractivity contribution in [1.29, 1.82) is 0 Å². The number of amides is 1. The van der Waals surface area contributed by atoms with Gasteiger partial charge in [0.25, 0.3) is 5.91 Å². The Morgan fingerprint density at radius 1 is 1.19 bits per heavy atom. The minimum absolute atomic E-state index is 0.192. The zero-order chi connectivity index (χ0) is 18.7. The van der Waals surface area contributed by atoms with Crippen LogP contribution in [0.15, 0.2) is 36.4 Å². The number of halogens is 2. The van der Waals surface area contributed by atoms with Gasteiger partial charge in [-0.25, -0.2) is 13.8 Å². The molecule has 0 saturated carbocycles. The number of rotatable bonds is 6. The number of aryl methyl sites for hydroxylation is 1. The van der Waals surface area contributed by atoms with Crippen LogP contribution in [-0.2, 0) is 4.74 Å². The number of nitrogens with zero attached hydrogens (tertiary/aromatic N) is 2. The maximum absolute atomic E-state index is 13.6. The van der Waals surface area contributed by atoms with Gasteiger partial charge in [0.2, 0.25) is 0 Å². The molecule has 0 aliphatic rings. The molecule has 0 fully saturated rings. The number of benzene rings is 2. The lowest BCUT2D eigenvalue weighted by Crippen LogP contribution is -2.25. The molecule has 3 aromatic rings. The lowest BCUT2D eigenvalue weighted by Gasteiger charge is -2.08. The monoisotopic (exact) mass is 359 g/mol. The van der Waals surface area contributed by atoms with Crippen molar-refractivity contribution in [2.24, 2.45) is 0 Å². The average Bonchev–Trinajstić information content (AvgIpc) is 2.96. The van der Waals surface area contributed by atoms with Gasteiger partial charge in [0.1, 0.15) is 5.82 Å². The molecular weight excluding hydrogens is 340 g/mol. The molecule has 0 unspecified atom stereocenters. The van der Waals surface area contributed by atoms with E-state index in [2.05, 4.69) is 10.3 Å². The Labute approximate surface area is 149 Å². The van der Waals surface area contributed by atoms with E-state index < -0.39 is 11.6 Å². The average molecular weight is 359 g/mol. The standard InChI is InChI=1S/C19H19F2N3O2/c1-12-23-17-10-13(19(25)22-8-3-9-26-2)4-7-18(17)24(12)14-5-6-15(20)16(21)11-14/h4-7,10-11H,3,8-9H2,1-2H3,(H,22,25). The summed E-state index contributed by atoms with van der Waals surface area (Å²) in [6, 6.07) is 8.82. The van der Waals surface area contributed by atoms with Gasteiger partial charge in [-0.2, -0.15) is 0 Å². The van der Waals surface area contributed by atoms with E-state index in [0.29, 0.717) is 41.3 Å². The molecule has 1 N–H and O–H groups in total. The Morgan fingerprint density at radius 3 is 2.73 bits per heavy atom. The van der Waals surface area contributed by atoms with Crippen molar-refractivity contribution in [3.05, 3.63) is 59.4 Å². The Morgan fingerprint density at radius 2 is 2.00 bits per heavy atom. The number of imidazole rings is 1. The summed E-state index contributed by atoms with van der Waals surface area (Å²) in [7, 11) is 1.61. The van der Waals surface area contributed by atoms with E-state index in [0.717, 1.165) is 18.6 Å². The third kappa shape index (κ3) is 3.57. The molecule has 3 rings (SSSR count). The van der Waals surface area contributed by atoms with Gasteiger partial charge in [0.05, 0.1) is 16.7 Å². The number of aromatic nitrogens is 2. The van der Waals surface area contributed by atoms with Crippen molar-refractivity contribution in [3.8, 4) is 5.69 Å². The summed E-state index contributed by atoms with van der Waals surface area (Å²) in [5.41, 5.74) is 2.28. The van der Waals surface area contributed by atoms with Crippen molar-refractivity contribution in [2.45, 2.75) is 13.3 Å². The summed E-state index contributed by atoms with van der Waals surface area (Å²) in [5.74, 6) is -1.40. The number of ether oxygens (including phenoxy) is 1. The lowest BCUT2D eigenvalue weighted by atomic mass is 10.2. The van der Waals surface area contributed by atoms with E-state index >= 15 is 0 Å². The van der Waals surface area contributed by atoms with Crippen LogP contribution in [-0.4, -0.2) is 35.7 Å². The van der Waals surface area contributed by atoms with Crippen molar-refractivity contribution < 1.29 is 18.3 Å². The van der Waals surface area contributed by atoms with Crippen molar-refractivity contribution in [3.63, 3.8) is 0 Å². The van der Waals surface area contributed by atoms with Gasteiger partial charge in [-0.3, -0.25) is 9.36 Å². The van der Waals surface area contributed by atoms with Crippen LogP contribution >= 0.6 is 0 Å². The summed E-state index contributed by atoms with van der Waals surface area (Å²) < 4.78 is 33.4. The normalized spacial score (nSPS) is 11.1. The Balaban J connectivity index is 1.90. The van der Waals surface area contributed by atoms with Crippen LogP contribution in [0.5, 0.6) is 0 Å². The fraction of sp³-hybridized carbons (Fsp3) is 0.263. The molecule has 1 heterocycles. The molecule has 26 heavy (non-hydrogen) atoms. The number of fused-ring (bicyclic) bond motifs is 1. The highest BCUT2D eigenvalue weighted by molar-refractivity contribution is 5.97. The molecule has 0 aliphatic heterocycles. The summed E-state index contributed by atoms with van der Waals surface area (Å²) in [6.45, 7) is 2.87. The smallest absolute Gasteiger partial charge is 0.251 e. The van der Waals surface area contributed by atoms with Crippen molar-refractivity contribution in [2.75, 3.05) is 20.3 Å².